The van der Waals surface area contributed by atoms with Crippen LogP contribution in [0.2, 0.25) is 5.15 Å². The van der Waals surface area contributed by atoms with Gasteiger partial charge in [-0.15, -0.1) is 0 Å². The van der Waals surface area contributed by atoms with Gasteiger partial charge in [0.25, 0.3) is 0 Å². The topological polar surface area (TPSA) is 87.4 Å². The highest BCUT2D eigenvalue weighted by Crippen LogP contribution is 2.09. The highest BCUT2D eigenvalue weighted by Gasteiger charge is 2.19. The standard InChI is InChI=1S/C6H5ClN2O3/c7-4-2-1-3(6(10)11)5(8)9(4)12/h1-2,8,12H,(H,10,11)/p+1. The van der Waals surface area contributed by atoms with Gasteiger partial charge >= 0.3 is 11.8 Å². The highest BCUT2D eigenvalue weighted by molar-refractivity contribution is 6.28. The van der Waals surface area contributed by atoms with Crippen molar-refractivity contribution in [3.8, 4) is 0 Å². The molecule has 0 aliphatic carbocycles. The van der Waals surface area contributed by atoms with Crippen LogP contribution in [-0.4, -0.2) is 16.3 Å². The third kappa shape index (κ3) is 1.26. The first kappa shape index (κ1) is 8.61. The van der Waals surface area contributed by atoms with E-state index >= 15 is 0 Å². The van der Waals surface area contributed by atoms with Gasteiger partial charge in [0.05, 0.1) is 0 Å². The van der Waals surface area contributed by atoms with Gasteiger partial charge < -0.3 is 10.3 Å². The molecular formula is C6H6ClN2O3+. The predicted molar refractivity (Wildman–Crippen MR) is 40.2 cm³/mol. The van der Waals surface area contributed by atoms with Crippen molar-refractivity contribution in [1.82, 2.24) is 0 Å². The summed E-state index contributed by atoms with van der Waals surface area (Å²) in [4.78, 5) is 10.4. The van der Waals surface area contributed by atoms with Gasteiger partial charge in [0, 0.05) is 6.07 Å². The van der Waals surface area contributed by atoms with Gasteiger partial charge in [0.1, 0.15) is 0 Å². The van der Waals surface area contributed by atoms with E-state index in [-0.39, 0.29) is 16.5 Å². The minimum Gasteiger partial charge on any atom is -0.477 e. The second-order valence-corrected chi connectivity index (χ2v) is 2.46. The Hall–Kier alpha value is -1.49. The number of hydrogen-bond acceptors (Lipinski definition) is 3. The zero-order valence-corrected chi connectivity index (χ0v) is 6.62. The number of aromatic carboxylic acids is 1. The molecule has 0 saturated heterocycles. The molecule has 12 heavy (non-hydrogen) atoms. The second-order valence-electron chi connectivity index (χ2n) is 2.07. The fraction of sp³-hybridized carbons (Fsp3) is 0. The van der Waals surface area contributed by atoms with Crippen LogP contribution in [0.3, 0.4) is 0 Å². The lowest BCUT2D eigenvalue weighted by atomic mass is 10.2. The Bertz CT molecular complexity index is 340. The quantitative estimate of drug-likeness (QED) is 0.333. The number of anilines is 1. The number of halogens is 1. The Morgan fingerprint density at radius 3 is 2.67 bits per heavy atom. The van der Waals surface area contributed by atoms with E-state index in [4.69, 9.17) is 27.6 Å². The van der Waals surface area contributed by atoms with Gasteiger partial charge in [-0.2, -0.15) is 0 Å². The summed E-state index contributed by atoms with van der Waals surface area (Å²) in [6.45, 7) is 0. The molecule has 1 aromatic heterocycles. The van der Waals surface area contributed by atoms with Gasteiger partial charge in [-0.1, -0.05) is 0 Å². The third-order valence-electron chi connectivity index (χ3n) is 1.32. The van der Waals surface area contributed by atoms with E-state index in [2.05, 4.69) is 0 Å². The zero-order chi connectivity index (χ0) is 9.30. The van der Waals surface area contributed by atoms with E-state index in [9.17, 15) is 4.79 Å². The molecule has 0 aliphatic rings. The number of carboxylic acids is 1. The third-order valence-corrected chi connectivity index (χ3v) is 1.61. The summed E-state index contributed by atoms with van der Waals surface area (Å²) in [6, 6.07) is 2.45. The molecule has 0 fully saturated rings. The summed E-state index contributed by atoms with van der Waals surface area (Å²) < 4.78 is 0.408. The van der Waals surface area contributed by atoms with Gasteiger partial charge in [0.15, 0.2) is 5.56 Å². The van der Waals surface area contributed by atoms with Crippen molar-refractivity contribution in [3.63, 3.8) is 0 Å². The number of nitrogen functional groups attached to an aromatic ring is 1. The number of nitrogens with zero attached hydrogens (tertiary/aromatic N) is 1. The van der Waals surface area contributed by atoms with E-state index in [1.165, 1.54) is 12.1 Å². The first-order valence-corrected chi connectivity index (χ1v) is 3.34. The average Bonchev–Trinajstić information content (AvgIpc) is 2.00. The van der Waals surface area contributed by atoms with Gasteiger partial charge in [-0.3, -0.25) is 5.73 Å². The number of carboxylic acid groups (broad SMARTS) is 1. The van der Waals surface area contributed by atoms with Gasteiger partial charge in [-0.25, -0.2) is 4.79 Å². The van der Waals surface area contributed by atoms with Crippen LogP contribution in [0.1, 0.15) is 10.4 Å². The number of rotatable bonds is 1. The fourth-order valence-electron chi connectivity index (χ4n) is 0.718. The summed E-state index contributed by atoms with van der Waals surface area (Å²) in [6.07, 6.45) is 0. The van der Waals surface area contributed by atoms with Crippen molar-refractivity contribution in [2.75, 3.05) is 5.73 Å². The first-order valence-electron chi connectivity index (χ1n) is 2.96. The van der Waals surface area contributed by atoms with E-state index in [0.717, 1.165) is 0 Å². The smallest absolute Gasteiger partial charge is 0.344 e. The minimum absolute atomic E-state index is 0.0440. The van der Waals surface area contributed by atoms with Crippen LogP contribution in [0.5, 0.6) is 0 Å². The molecule has 0 spiro atoms. The van der Waals surface area contributed by atoms with Gasteiger partial charge in [-0.05, 0) is 22.4 Å². The van der Waals surface area contributed by atoms with Crippen LogP contribution in [-0.2, 0) is 0 Å². The van der Waals surface area contributed by atoms with E-state index in [1.807, 2.05) is 0 Å². The van der Waals surface area contributed by atoms with Crippen LogP contribution in [0.15, 0.2) is 12.1 Å². The highest BCUT2D eigenvalue weighted by atomic mass is 35.5. The maximum Gasteiger partial charge on any atom is 0.344 e. The Balaban J connectivity index is 3.36. The zero-order valence-electron chi connectivity index (χ0n) is 5.86. The average molecular weight is 190 g/mol. The molecule has 0 aliphatic heterocycles. The lowest BCUT2D eigenvalue weighted by Crippen LogP contribution is -2.37. The maximum absolute atomic E-state index is 10.4. The molecule has 1 aromatic rings. The summed E-state index contributed by atoms with van der Waals surface area (Å²) in [5.41, 5.74) is 5.04. The molecule has 0 radical (unpaired) electrons. The molecule has 0 unspecified atom stereocenters. The molecule has 4 N–H and O–H groups in total. The molecule has 1 rings (SSSR count). The van der Waals surface area contributed by atoms with Crippen LogP contribution >= 0.6 is 11.6 Å². The molecule has 5 nitrogen and oxygen atoms in total. The number of aromatic nitrogens is 1. The number of nitrogens with two attached hydrogens (primary N) is 1. The Labute approximate surface area is 72.6 Å². The van der Waals surface area contributed by atoms with Crippen molar-refractivity contribution < 1.29 is 19.8 Å². The summed E-state index contributed by atoms with van der Waals surface area (Å²) in [7, 11) is 0. The van der Waals surface area contributed by atoms with E-state index < -0.39 is 5.97 Å². The van der Waals surface area contributed by atoms with Crippen LogP contribution in [0.25, 0.3) is 0 Å². The Kier molecular flexibility index (Phi) is 2.05. The monoisotopic (exact) mass is 189 g/mol. The second kappa shape index (κ2) is 2.86. The molecule has 0 aromatic carbocycles. The van der Waals surface area contributed by atoms with Crippen LogP contribution in [0.4, 0.5) is 5.82 Å². The minimum atomic E-state index is -1.22. The lowest BCUT2D eigenvalue weighted by molar-refractivity contribution is -0.891. The number of hydrogen-bond donors (Lipinski definition) is 3. The lowest BCUT2D eigenvalue weighted by Gasteiger charge is -1.98. The summed E-state index contributed by atoms with van der Waals surface area (Å²) in [5.74, 6) is -1.51. The van der Waals surface area contributed by atoms with E-state index in [0.29, 0.717) is 4.73 Å². The van der Waals surface area contributed by atoms with E-state index in [1.54, 1.807) is 0 Å². The normalized spacial score (nSPS) is 9.75. The van der Waals surface area contributed by atoms with Crippen molar-refractivity contribution in [3.05, 3.63) is 22.8 Å². The molecule has 0 amide bonds. The molecule has 0 bridgehead atoms. The van der Waals surface area contributed by atoms with Crippen molar-refractivity contribution in [2.24, 2.45) is 0 Å². The fourth-order valence-corrected chi connectivity index (χ4v) is 0.872. The number of carbonyl (C=O) groups is 1. The molecular weight excluding hydrogens is 184 g/mol. The predicted octanol–water partition coefficient (Wildman–Crippen LogP) is 0.145. The van der Waals surface area contributed by atoms with Crippen LogP contribution < -0.4 is 10.5 Å². The van der Waals surface area contributed by atoms with Crippen molar-refractivity contribution >= 4 is 23.4 Å². The first-order chi connectivity index (χ1) is 5.54. The summed E-state index contributed by atoms with van der Waals surface area (Å²) in [5, 5.41) is 17.5. The molecule has 64 valence electrons. The van der Waals surface area contributed by atoms with Crippen molar-refractivity contribution in [2.45, 2.75) is 0 Å². The summed E-state index contributed by atoms with van der Waals surface area (Å²) >= 11 is 5.43. The molecule has 6 heteroatoms. The Morgan fingerprint density at radius 1 is 1.58 bits per heavy atom. The van der Waals surface area contributed by atoms with Gasteiger partial charge in [0.2, 0.25) is 5.15 Å². The molecule has 1 heterocycles. The molecule has 0 saturated carbocycles. The number of pyridine rings is 1. The largest absolute Gasteiger partial charge is 0.477 e. The Morgan fingerprint density at radius 2 is 2.17 bits per heavy atom. The molecule has 0 atom stereocenters. The SMILES string of the molecule is Nc1c(C(=O)O)ccc(Cl)[n+]1O. The van der Waals surface area contributed by atoms with Crippen molar-refractivity contribution in [1.29, 1.82) is 0 Å². The maximum atomic E-state index is 10.4. The van der Waals surface area contributed by atoms with Crippen LogP contribution in [0, 0.1) is 0 Å².